The van der Waals surface area contributed by atoms with Gasteiger partial charge in [0.15, 0.2) is 0 Å². The van der Waals surface area contributed by atoms with Crippen molar-refractivity contribution in [1.29, 1.82) is 0 Å². The summed E-state index contributed by atoms with van der Waals surface area (Å²) in [5.74, 6) is 0.131. The molecule has 0 spiro atoms. The fourth-order valence-corrected chi connectivity index (χ4v) is 0.908. The predicted octanol–water partition coefficient (Wildman–Crippen LogP) is 2.05. The molecule has 0 unspecified atom stereocenters. The van der Waals surface area contributed by atoms with Crippen LogP contribution in [-0.2, 0) is 0 Å². The van der Waals surface area contributed by atoms with Gasteiger partial charge in [-0.15, -0.1) is 0 Å². The Morgan fingerprint density at radius 3 is 2.55 bits per heavy atom. The van der Waals surface area contributed by atoms with Crippen LogP contribution in [0.1, 0.15) is 18.9 Å². The standard InChI is InChI=1S/C9H11O2/c1-2-8(10)7-5-3-4-6-9(7)11/h3-6,10-11H,2H2,1H3. The van der Waals surface area contributed by atoms with E-state index >= 15 is 0 Å². The lowest BCUT2D eigenvalue weighted by molar-refractivity contribution is 0.312. The Hall–Kier alpha value is -1.02. The monoisotopic (exact) mass is 151 g/mol. The van der Waals surface area contributed by atoms with Crippen LogP contribution in [0.15, 0.2) is 24.3 Å². The van der Waals surface area contributed by atoms with Crippen molar-refractivity contribution in [2.75, 3.05) is 0 Å². The number of aliphatic hydroxyl groups is 1. The van der Waals surface area contributed by atoms with Crippen molar-refractivity contribution in [3.63, 3.8) is 0 Å². The van der Waals surface area contributed by atoms with Crippen LogP contribution in [0.25, 0.3) is 0 Å². The van der Waals surface area contributed by atoms with E-state index in [2.05, 4.69) is 0 Å². The highest BCUT2D eigenvalue weighted by Crippen LogP contribution is 2.24. The van der Waals surface area contributed by atoms with Crippen LogP contribution in [-0.4, -0.2) is 10.2 Å². The van der Waals surface area contributed by atoms with E-state index in [4.69, 9.17) is 0 Å². The molecule has 59 valence electrons. The van der Waals surface area contributed by atoms with Gasteiger partial charge >= 0.3 is 0 Å². The summed E-state index contributed by atoms with van der Waals surface area (Å²) in [5.41, 5.74) is 0.523. The van der Waals surface area contributed by atoms with Crippen molar-refractivity contribution in [1.82, 2.24) is 0 Å². The van der Waals surface area contributed by atoms with E-state index in [1.807, 2.05) is 6.92 Å². The van der Waals surface area contributed by atoms with Crippen LogP contribution in [0.4, 0.5) is 0 Å². The lowest BCUT2D eigenvalue weighted by Gasteiger charge is -2.07. The van der Waals surface area contributed by atoms with E-state index in [9.17, 15) is 10.2 Å². The number of hydrogen-bond acceptors (Lipinski definition) is 2. The van der Waals surface area contributed by atoms with Crippen molar-refractivity contribution < 1.29 is 10.2 Å². The van der Waals surface area contributed by atoms with Crippen LogP contribution in [0.5, 0.6) is 5.75 Å². The second-order valence-corrected chi connectivity index (χ2v) is 2.32. The molecule has 1 aromatic carbocycles. The topological polar surface area (TPSA) is 40.5 Å². The average Bonchev–Trinajstić information content (AvgIpc) is 2.04. The first-order chi connectivity index (χ1) is 5.25. The molecular weight excluding hydrogens is 140 g/mol. The third-order valence-electron chi connectivity index (χ3n) is 1.55. The minimum Gasteiger partial charge on any atom is -0.508 e. The van der Waals surface area contributed by atoms with Gasteiger partial charge < -0.3 is 10.2 Å². The smallest absolute Gasteiger partial charge is 0.126 e. The van der Waals surface area contributed by atoms with Gasteiger partial charge in [-0.2, -0.15) is 0 Å². The summed E-state index contributed by atoms with van der Waals surface area (Å²) < 4.78 is 0. The number of aliphatic hydroxyl groups excluding tert-OH is 1. The first-order valence-corrected chi connectivity index (χ1v) is 3.59. The number of rotatable bonds is 2. The molecular formula is C9H11O2. The summed E-state index contributed by atoms with van der Waals surface area (Å²) in [7, 11) is 0. The Balaban J connectivity index is 2.93. The van der Waals surface area contributed by atoms with Gasteiger partial charge in [0, 0.05) is 5.56 Å². The number of hydrogen-bond donors (Lipinski definition) is 2. The SMILES string of the molecule is CC[C](O)c1ccccc1O. The predicted molar refractivity (Wildman–Crippen MR) is 42.7 cm³/mol. The lowest BCUT2D eigenvalue weighted by atomic mass is 10.1. The molecule has 0 heterocycles. The third kappa shape index (κ3) is 1.71. The molecule has 0 aliphatic carbocycles. The molecule has 0 aliphatic rings. The number of phenols is 1. The van der Waals surface area contributed by atoms with E-state index in [1.54, 1.807) is 24.3 Å². The van der Waals surface area contributed by atoms with Gasteiger partial charge in [0.2, 0.25) is 0 Å². The molecule has 0 aliphatic heterocycles. The lowest BCUT2D eigenvalue weighted by Crippen LogP contribution is -1.95. The maximum Gasteiger partial charge on any atom is 0.126 e. The van der Waals surface area contributed by atoms with Crippen molar-refractivity contribution in [2.24, 2.45) is 0 Å². The van der Waals surface area contributed by atoms with Crippen molar-refractivity contribution >= 4 is 0 Å². The molecule has 1 rings (SSSR count). The van der Waals surface area contributed by atoms with Gasteiger partial charge in [-0.05, 0) is 12.5 Å². The van der Waals surface area contributed by atoms with Gasteiger partial charge in [0.25, 0.3) is 0 Å². The summed E-state index contributed by atoms with van der Waals surface area (Å²) in [4.78, 5) is 0. The van der Waals surface area contributed by atoms with Gasteiger partial charge in [-0.1, -0.05) is 25.1 Å². The zero-order valence-electron chi connectivity index (χ0n) is 6.41. The highest BCUT2D eigenvalue weighted by Gasteiger charge is 2.09. The first-order valence-electron chi connectivity index (χ1n) is 3.59. The molecule has 0 saturated heterocycles. The molecule has 0 atom stereocenters. The van der Waals surface area contributed by atoms with E-state index in [1.165, 1.54) is 0 Å². The minimum absolute atomic E-state index is 0.131. The van der Waals surface area contributed by atoms with Crippen LogP contribution >= 0.6 is 0 Å². The molecule has 0 saturated carbocycles. The van der Waals surface area contributed by atoms with Gasteiger partial charge in [0.05, 0.1) is 0 Å². The Morgan fingerprint density at radius 2 is 2.00 bits per heavy atom. The molecule has 0 amide bonds. The zero-order chi connectivity index (χ0) is 8.27. The van der Waals surface area contributed by atoms with Crippen LogP contribution < -0.4 is 0 Å². The minimum atomic E-state index is 0.131. The zero-order valence-corrected chi connectivity index (χ0v) is 6.41. The largest absolute Gasteiger partial charge is 0.508 e. The van der Waals surface area contributed by atoms with E-state index < -0.39 is 0 Å². The van der Waals surface area contributed by atoms with E-state index in [-0.39, 0.29) is 11.9 Å². The van der Waals surface area contributed by atoms with Gasteiger partial charge in [0.1, 0.15) is 11.9 Å². The van der Waals surface area contributed by atoms with Crippen LogP contribution in [0, 0.1) is 6.10 Å². The number of para-hydroxylation sites is 1. The molecule has 2 nitrogen and oxygen atoms in total. The number of aromatic hydroxyl groups is 1. The van der Waals surface area contributed by atoms with Gasteiger partial charge in [-0.3, -0.25) is 0 Å². The molecule has 11 heavy (non-hydrogen) atoms. The highest BCUT2D eigenvalue weighted by atomic mass is 16.3. The van der Waals surface area contributed by atoms with E-state index in [0.717, 1.165) is 0 Å². The molecule has 0 bridgehead atoms. The molecule has 1 radical (unpaired) electrons. The second kappa shape index (κ2) is 3.39. The first kappa shape index (κ1) is 8.08. The van der Waals surface area contributed by atoms with Crippen molar-refractivity contribution in [3.05, 3.63) is 35.9 Å². The van der Waals surface area contributed by atoms with Crippen LogP contribution in [0.2, 0.25) is 0 Å². The Labute approximate surface area is 66.1 Å². The maximum atomic E-state index is 9.27. The molecule has 0 fully saturated rings. The van der Waals surface area contributed by atoms with Crippen molar-refractivity contribution in [3.8, 4) is 5.75 Å². The Morgan fingerprint density at radius 1 is 1.36 bits per heavy atom. The number of phenolic OH excluding ortho intramolecular Hbond substituents is 1. The summed E-state index contributed by atoms with van der Waals surface area (Å²) in [6.45, 7) is 1.84. The molecule has 2 heteroatoms. The average molecular weight is 151 g/mol. The van der Waals surface area contributed by atoms with Gasteiger partial charge in [-0.25, -0.2) is 0 Å². The molecule has 2 N–H and O–H groups in total. The summed E-state index contributed by atoms with van der Waals surface area (Å²) in [6, 6.07) is 6.75. The Bertz CT molecular complexity index is 233. The fourth-order valence-electron chi connectivity index (χ4n) is 0.908. The summed E-state index contributed by atoms with van der Waals surface area (Å²) >= 11 is 0. The molecule has 1 aromatic rings. The third-order valence-corrected chi connectivity index (χ3v) is 1.55. The van der Waals surface area contributed by atoms with Crippen LogP contribution in [0.3, 0.4) is 0 Å². The molecule has 0 aromatic heterocycles. The van der Waals surface area contributed by atoms with Crippen molar-refractivity contribution in [2.45, 2.75) is 13.3 Å². The quantitative estimate of drug-likeness (QED) is 0.679. The Kier molecular flexibility index (Phi) is 2.49. The fraction of sp³-hybridized carbons (Fsp3) is 0.222. The summed E-state index contributed by atoms with van der Waals surface area (Å²) in [5, 5.41) is 18.5. The number of benzene rings is 1. The second-order valence-electron chi connectivity index (χ2n) is 2.32. The maximum absolute atomic E-state index is 9.27. The normalized spacial score (nSPS) is 10.5. The van der Waals surface area contributed by atoms with E-state index in [0.29, 0.717) is 12.0 Å². The highest BCUT2D eigenvalue weighted by molar-refractivity contribution is 5.39. The summed E-state index contributed by atoms with van der Waals surface area (Å²) in [6.07, 6.45) is 0.764.